The fourth-order valence-electron chi connectivity index (χ4n) is 5.57. The first-order chi connectivity index (χ1) is 16.6. The molecule has 34 heavy (non-hydrogen) atoms. The van der Waals surface area contributed by atoms with Gasteiger partial charge in [0.1, 0.15) is 11.9 Å². The van der Waals surface area contributed by atoms with Gasteiger partial charge in [-0.15, -0.1) is 11.3 Å². The molecule has 2 aromatic rings. The number of ketones is 1. The third-order valence-corrected chi connectivity index (χ3v) is 8.13. The Balaban J connectivity index is 1.58. The molecule has 5 rings (SSSR count). The highest BCUT2D eigenvalue weighted by Crippen LogP contribution is 2.48. The highest BCUT2D eigenvalue weighted by Gasteiger charge is 2.43. The average Bonchev–Trinajstić information content (AvgIpc) is 3.53. The molecule has 0 saturated heterocycles. The van der Waals surface area contributed by atoms with E-state index in [1.165, 1.54) is 4.88 Å². The molecule has 1 aromatic carbocycles. The van der Waals surface area contributed by atoms with Gasteiger partial charge in [-0.3, -0.25) is 4.79 Å². The van der Waals surface area contributed by atoms with Crippen molar-refractivity contribution in [3.8, 4) is 5.75 Å². The highest BCUT2D eigenvalue weighted by atomic mass is 32.1. The molecule has 0 amide bonds. The van der Waals surface area contributed by atoms with Crippen molar-refractivity contribution in [3.05, 3.63) is 74.8 Å². The lowest BCUT2D eigenvalue weighted by atomic mass is 9.72. The molecule has 5 nitrogen and oxygen atoms in total. The van der Waals surface area contributed by atoms with E-state index in [1.54, 1.807) is 11.3 Å². The molecule has 1 aromatic heterocycles. The van der Waals surface area contributed by atoms with Crippen LogP contribution >= 0.6 is 11.3 Å². The Hall–Kier alpha value is -2.86. The van der Waals surface area contributed by atoms with Gasteiger partial charge in [-0.2, -0.15) is 0 Å². The molecule has 1 aliphatic heterocycles. The summed E-state index contributed by atoms with van der Waals surface area (Å²) in [5.74, 6) is 0.122. The average molecular weight is 478 g/mol. The zero-order valence-corrected chi connectivity index (χ0v) is 20.6. The lowest BCUT2D eigenvalue weighted by Crippen LogP contribution is -2.36. The van der Waals surface area contributed by atoms with Gasteiger partial charge in [0.2, 0.25) is 0 Å². The van der Waals surface area contributed by atoms with E-state index in [9.17, 15) is 9.59 Å². The SMILES string of the molecule is CCOc1ccccc1[C@H]1C(C(=O)OC2CCCC2)=C(C)NC2=C1C(=O)C[C@@H](c1cccs1)C2. The molecule has 0 unspecified atom stereocenters. The first-order valence-corrected chi connectivity index (χ1v) is 13.1. The van der Waals surface area contributed by atoms with Crippen LogP contribution < -0.4 is 10.1 Å². The Bertz CT molecular complexity index is 1140. The van der Waals surface area contributed by atoms with Gasteiger partial charge in [-0.25, -0.2) is 4.79 Å². The van der Waals surface area contributed by atoms with Crippen LogP contribution in [0, 0.1) is 0 Å². The molecule has 0 radical (unpaired) electrons. The van der Waals surface area contributed by atoms with Crippen LogP contribution in [0.25, 0.3) is 0 Å². The number of benzene rings is 1. The second-order valence-corrected chi connectivity index (χ2v) is 10.3. The van der Waals surface area contributed by atoms with Crippen molar-refractivity contribution in [3.63, 3.8) is 0 Å². The normalized spacial score (nSPS) is 23.1. The fraction of sp³-hybridized carbons (Fsp3) is 0.429. The molecule has 178 valence electrons. The summed E-state index contributed by atoms with van der Waals surface area (Å²) in [6.07, 6.45) is 5.12. The van der Waals surface area contributed by atoms with Crippen molar-refractivity contribution in [2.24, 2.45) is 0 Å². The van der Waals surface area contributed by atoms with E-state index in [-0.39, 0.29) is 23.8 Å². The van der Waals surface area contributed by atoms with Gasteiger partial charge in [0, 0.05) is 39.7 Å². The molecule has 1 fully saturated rings. The Morgan fingerprint density at radius 3 is 2.65 bits per heavy atom. The molecule has 2 aliphatic carbocycles. The van der Waals surface area contributed by atoms with Crippen LogP contribution in [-0.2, 0) is 14.3 Å². The van der Waals surface area contributed by atoms with E-state index in [0.717, 1.165) is 49.1 Å². The number of thiophene rings is 1. The second kappa shape index (κ2) is 9.79. The smallest absolute Gasteiger partial charge is 0.337 e. The lowest BCUT2D eigenvalue weighted by Gasteiger charge is -2.37. The Morgan fingerprint density at radius 2 is 1.91 bits per heavy atom. The number of esters is 1. The quantitative estimate of drug-likeness (QED) is 0.518. The van der Waals surface area contributed by atoms with Gasteiger partial charge in [-0.05, 0) is 63.5 Å². The number of nitrogens with one attached hydrogen (secondary N) is 1. The maximum atomic E-state index is 13.7. The van der Waals surface area contributed by atoms with Crippen molar-refractivity contribution < 1.29 is 19.1 Å². The first-order valence-electron chi connectivity index (χ1n) is 12.3. The minimum Gasteiger partial charge on any atom is -0.494 e. The Kier molecular flexibility index (Phi) is 6.59. The topological polar surface area (TPSA) is 64.6 Å². The van der Waals surface area contributed by atoms with Crippen LogP contribution in [-0.4, -0.2) is 24.5 Å². The summed E-state index contributed by atoms with van der Waals surface area (Å²) in [5, 5.41) is 5.51. The number of allylic oxidation sites excluding steroid dienone is 3. The summed E-state index contributed by atoms with van der Waals surface area (Å²) in [6, 6.07) is 11.9. The van der Waals surface area contributed by atoms with Crippen molar-refractivity contribution in [2.45, 2.75) is 70.3 Å². The molecule has 0 bridgehead atoms. The van der Waals surface area contributed by atoms with Gasteiger partial charge < -0.3 is 14.8 Å². The van der Waals surface area contributed by atoms with Crippen LogP contribution in [0.5, 0.6) is 5.75 Å². The predicted molar refractivity (Wildman–Crippen MR) is 133 cm³/mol. The van der Waals surface area contributed by atoms with E-state index in [4.69, 9.17) is 9.47 Å². The van der Waals surface area contributed by atoms with Crippen molar-refractivity contribution in [1.29, 1.82) is 0 Å². The Morgan fingerprint density at radius 1 is 1.12 bits per heavy atom. The van der Waals surface area contributed by atoms with Gasteiger partial charge in [0.05, 0.1) is 18.1 Å². The summed E-state index contributed by atoms with van der Waals surface area (Å²) in [5.41, 5.74) is 3.74. The molecule has 0 spiro atoms. The molecular formula is C28H31NO4S. The monoisotopic (exact) mass is 477 g/mol. The predicted octanol–water partition coefficient (Wildman–Crippen LogP) is 5.99. The van der Waals surface area contributed by atoms with Crippen molar-refractivity contribution in [1.82, 2.24) is 5.32 Å². The van der Waals surface area contributed by atoms with Gasteiger partial charge >= 0.3 is 5.97 Å². The van der Waals surface area contributed by atoms with E-state index >= 15 is 0 Å². The third kappa shape index (κ3) is 4.31. The van der Waals surface area contributed by atoms with E-state index < -0.39 is 5.92 Å². The number of hydrogen-bond acceptors (Lipinski definition) is 6. The number of hydrogen-bond donors (Lipinski definition) is 1. The van der Waals surface area contributed by atoms with Crippen LogP contribution in [0.3, 0.4) is 0 Å². The molecule has 3 aliphatic rings. The van der Waals surface area contributed by atoms with Gasteiger partial charge in [-0.1, -0.05) is 24.3 Å². The van der Waals surface area contributed by atoms with Crippen LogP contribution in [0.15, 0.2) is 64.3 Å². The fourth-order valence-corrected chi connectivity index (χ4v) is 6.40. The minimum absolute atomic E-state index is 0.0452. The molecule has 2 atom stereocenters. The summed E-state index contributed by atoms with van der Waals surface area (Å²) in [4.78, 5) is 28.5. The van der Waals surface area contributed by atoms with Gasteiger partial charge in [0.25, 0.3) is 0 Å². The summed E-state index contributed by atoms with van der Waals surface area (Å²) in [6.45, 7) is 4.37. The summed E-state index contributed by atoms with van der Waals surface area (Å²) in [7, 11) is 0. The number of Topliss-reactive ketones (excluding diaryl/α,β-unsaturated/α-hetero) is 1. The molecular weight excluding hydrogens is 446 g/mol. The number of ether oxygens (including phenoxy) is 2. The van der Waals surface area contributed by atoms with E-state index in [0.29, 0.717) is 29.9 Å². The molecule has 1 N–H and O–H groups in total. The molecule has 1 saturated carbocycles. The standard InChI is InChI=1S/C28H31NO4S/c1-3-32-23-12-7-6-11-20(23)26-25(28(31)33-19-9-4-5-10-19)17(2)29-21-15-18(16-22(30)27(21)26)24-13-8-14-34-24/h6-8,11-14,18-19,26,29H,3-5,9-10,15-16H2,1-2H3/t18-,26-/m0/s1. The number of carbonyl (C=O) groups excluding carboxylic acids is 2. The summed E-state index contributed by atoms with van der Waals surface area (Å²) >= 11 is 1.69. The van der Waals surface area contributed by atoms with E-state index in [1.807, 2.05) is 44.2 Å². The van der Waals surface area contributed by atoms with Crippen LogP contribution in [0.4, 0.5) is 0 Å². The molecule has 6 heteroatoms. The number of carbonyl (C=O) groups is 2. The Labute approximate surface area is 204 Å². The largest absolute Gasteiger partial charge is 0.494 e. The minimum atomic E-state index is -0.496. The zero-order valence-electron chi connectivity index (χ0n) is 19.8. The number of rotatable bonds is 6. The number of dihydropyridines is 1. The van der Waals surface area contributed by atoms with Gasteiger partial charge in [0.15, 0.2) is 5.78 Å². The first kappa shape index (κ1) is 22.9. The van der Waals surface area contributed by atoms with Crippen molar-refractivity contribution in [2.75, 3.05) is 6.61 Å². The lowest BCUT2D eigenvalue weighted by molar-refractivity contribution is -0.144. The third-order valence-electron chi connectivity index (χ3n) is 7.10. The van der Waals surface area contributed by atoms with Crippen molar-refractivity contribution >= 4 is 23.1 Å². The van der Waals surface area contributed by atoms with Crippen LogP contribution in [0.1, 0.15) is 74.6 Å². The number of para-hydroxylation sites is 1. The van der Waals surface area contributed by atoms with Crippen LogP contribution in [0.2, 0.25) is 0 Å². The highest BCUT2D eigenvalue weighted by molar-refractivity contribution is 7.10. The zero-order chi connectivity index (χ0) is 23.7. The van der Waals surface area contributed by atoms with E-state index in [2.05, 4.69) is 16.8 Å². The second-order valence-electron chi connectivity index (χ2n) is 9.32. The summed E-state index contributed by atoms with van der Waals surface area (Å²) < 4.78 is 11.9. The molecule has 2 heterocycles. The maximum Gasteiger partial charge on any atom is 0.337 e. The maximum absolute atomic E-state index is 13.7.